The van der Waals surface area contributed by atoms with Crippen LogP contribution in [0.5, 0.6) is 0 Å². The van der Waals surface area contributed by atoms with Crippen molar-refractivity contribution in [3.63, 3.8) is 0 Å². The molecule has 194 valence electrons. The lowest BCUT2D eigenvalue weighted by atomic mass is 9.99. The van der Waals surface area contributed by atoms with Crippen molar-refractivity contribution in [1.29, 1.82) is 0 Å². The molecular formula is C31H34N6O. The summed E-state index contributed by atoms with van der Waals surface area (Å²) in [6, 6.07) is 26.8. The minimum Gasteiger partial charge on any atom is -0.363 e. The van der Waals surface area contributed by atoms with E-state index < -0.39 is 5.91 Å². The van der Waals surface area contributed by atoms with Gasteiger partial charge in [-0.3, -0.25) is 9.69 Å². The van der Waals surface area contributed by atoms with Crippen molar-refractivity contribution in [1.82, 2.24) is 24.6 Å². The number of benzene rings is 3. The Balaban J connectivity index is 1.07. The topological polar surface area (TPSA) is 80.3 Å². The first-order valence-corrected chi connectivity index (χ1v) is 13.4. The Kier molecular flexibility index (Phi) is 6.55. The molecule has 0 spiro atoms. The molecule has 2 N–H and O–H groups in total. The van der Waals surface area contributed by atoms with Crippen molar-refractivity contribution in [2.45, 2.75) is 32.4 Å². The van der Waals surface area contributed by atoms with E-state index in [4.69, 9.17) is 5.73 Å². The van der Waals surface area contributed by atoms with Crippen LogP contribution in [0.25, 0.3) is 16.8 Å². The van der Waals surface area contributed by atoms with Crippen LogP contribution in [0.2, 0.25) is 0 Å². The molecule has 0 unspecified atom stereocenters. The van der Waals surface area contributed by atoms with Crippen molar-refractivity contribution < 1.29 is 4.79 Å². The van der Waals surface area contributed by atoms with E-state index in [0.29, 0.717) is 5.82 Å². The minimum atomic E-state index is -0.625. The summed E-state index contributed by atoms with van der Waals surface area (Å²) in [5.41, 5.74) is 12.5. The third-order valence-corrected chi connectivity index (χ3v) is 8.13. The first kappa shape index (κ1) is 24.5. The summed E-state index contributed by atoms with van der Waals surface area (Å²) in [5, 5.41) is 4.20. The number of hydrogen-bond acceptors (Lipinski definition) is 5. The van der Waals surface area contributed by atoms with Gasteiger partial charge in [-0.1, -0.05) is 60.7 Å². The highest BCUT2D eigenvalue weighted by Gasteiger charge is 2.39. The van der Waals surface area contributed by atoms with Gasteiger partial charge in [0, 0.05) is 25.7 Å². The zero-order chi connectivity index (χ0) is 26.2. The number of nitrogens with two attached hydrogens (primary N) is 1. The SMILES string of the molecule is Cc1nc(C(N)=O)nn1-c1ccc(Cc2ccc(-c3ccc(CN4C[C@H]5CCN(C)[C@H]5C4)cc3)cc2)cc1. The highest BCUT2D eigenvalue weighted by atomic mass is 16.1. The highest BCUT2D eigenvalue weighted by Crippen LogP contribution is 2.31. The van der Waals surface area contributed by atoms with Gasteiger partial charge in [0.1, 0.15) is 5.82 Å². The van der Waals surface area contributed by atoms with Gasteiger partial charge in [-0.25, -0.2) is 9.67 Å². The fraction of sp³-hybridized carbons (Fsp3) is 0.323. The van der Waals surface area contributed by atoms with E-state index >= 15 is 0 Å². The number of carbonyl (C=O) groups is 1. The molecule has 0 bridgehead atoms. The van der Waals surface area contributed by atoms with Crippen molar-refractivity contribution in [2.75, 3.05) is 26.7 Å². The van der Waals surface area contributed by atoms with Crippen molar-refractivity contribution >= 4 is 5.91 Å². The zero-order valence-electron chi connectivity index (χ0n) is 22.0. The molecule has 2 saturated heterocycles. The number of rotatable bonds is 7. The second-order valence-corrected chi connectivity index (χ2v) is 10.8. The fourth-order valence-electron chi connectivity index (χ4n) is 5.99. The van der Waals surface area contributed by atoms with Crippen LogP contribution in [-0.2, 0) is 13.0 Å². The lowest BCUT2D eigenvalue weighted by Crippen LogP contribution is -2.31. The molecular weight excluding hydrogens is 472 g/mol. The van der Waals surface area contributed by atoms with Gasteiger partial charge in [-0.05, 0) is 79.2 Å². The predicted molar refractivity (Wildman–Crippen MR) is 149 cm³/mol. The van der Waals surface area contributed by atoms with Crippen LogP contribution in [0.1, 0.15) is 39.6 Å². The van der Waals surface area contributed by atoms with Gasteiger partial charge in [0.25, 0.3) is 5.91 Å². The minimum absolute atomic E-state index is 0.0306. The van der Waals surface area contributed by atoms with Crippen molar-refractivity contribution in [2.24, 2.45) is 11.7 Å². The second-order valence-electron chi connectivity index (χ2n) is 10.8. The van der Waals surface area contributed by atoms with Crippen LogP contribution in [0, 0.1) is 12.8 Å². The standard InChI is InChI=1S/C31H34N6O/c1-21-33-31(30(32)38)34-37(21)28-13-7-23(8-14-28)17-22-3-9-25(10-4-22)26-11-5-24(6-12-26)18-36-19-27-15-16-35(2)29(27)20-36/h3-14,27,29H,15-20H2,1-2H3,(H2,32,38)/t27-,29+/m1/s1. The molecule has 2 aliphatic rings. The van der Waals surface area contributed by atoms with Crippen molar-refractivity contribution in [3.8, 4) is 16.8 Å². The molecule has 7 nitrogen and oxygen atoms in total. The molecule has 4 aromatic rings. The second kappa shape index (κ2) is 10.2. The molecule has 2 fully saturated rings. The normalized spacial score (nSPS) is 19.6. The largest absolute Gasteiger partial charge is 0.363 e. The average molecular weight is 507 g/mol. The molecule has 0 radical (unpaired) electrons. The lowest BCUT2D eigenvalue weighted by molar-refractivity contribution is 0.0990. The van der Waals surface area contributed by atoms with Crippen LogP contribution in [0.4, 0.5) is 0 Å². The summed E-state index contributed by atoms with van der Waals surface area (Å²) >= 11 is 0. The number of nitrogens with zero attached hydrogens (tertiary/aromatic N) is 5. The molecule has 3 aromatic carbocycles. The van der Waals surface area contributed by atoms with Gasteiger partial charge in [0.15, 0.2) is 0 Å². The molecule has 0 aliphatic carbocycles. The Labute approximate surface area is 223 Å². The number of carbonyl (C=O) groups excluding carboxylic acids is 1. The molecule has 38 heavy (non-hydrogen) atoms. The number of aryl methyl sites for hydroxylation is 1. The Morgan fingerprint density at radius 1 is 0.895 bits per heavy atom. The summed E-state index contributed by atoms with van der Waals surface area (Å²) in [6.45, 7) is 6.54. The molecule has 0 saturated carbocycles. The fourth-order valence-corrected chi connectivity index (χ4v) is 5.99. The zero-order valence-corrected chi connectivity index (χ0v) is 22.0. The van der Waals surface area contributed by atoms with Gasteiger partial charge in [-0.2, -0.15) is 0 Å². The summed E-state index contributed by atoms with van der Waals surface area (Å²) in [4.78, 5) is 20.6. The van der Waals surface area contributed by atoms with Crippen LogP contribution in [0.15, 0.2) is 72.8 Å². The highest BCUT2D eigenvalue weighted by molar-refractivity contribution is 5.88. The Morgan fingerprint density at radius 2 is 1.50 bits per heavy atom. The molecule has 2 atom stereocenters. The van der Waals surface area contributed by atoms with E-state index in [-0.39, 0.29) is 5.82 Å². The molecule has 6 rings (SSSR count). The van der Waals surface area contributed by atoms with E-state index in [9.17, 15) is 4.79 Å². The van der Waals surface area contributed by atoms with E-state index in [0.717, 1.165) is 30.6 Å². The lowest BCUT2D eigenvalue weighted by Gasteiger charge is -2.20. The Morgan fingerprint density at radius 3 is 2.08 bits per heavy atom. The maximum Gasteiger partial charge on any atom is 0.288 e. The number of aromatic nitrogens is 3. The summed E-state index contributed by atoms with van der Waals surface area (Å²) in [6.07, 6.45) is 2.19. The molecule has 3 heterocycles. The van der Waals surface area contributed by atoms with Gasteiger partial charge in [0.05, 0.1) is 5.69 Å². The number of likely N-dealkylation sites (tertiary alicyclic amines) is 2. The van der Waals surface area contributed by atoms with Crippen molar-refractivity contribution in [3.05, 3.63) is 101 Å². The molecule has 7 heteroatoms. The molecule has 2 aliphatic heterocycles. The van der Waals surface area contributed by atoms with E-state index in [1.807, 2.05) is 12.1 Å². The summed E-state index contributed by atoms with van der Waals surface area (Å²) < 4.78 is 1.64. The van der Waals surface area contributed by atoms with E-state index in [2.05, 4.69) is 87.6 Å². The monoisotopic (exact) mass is 506 g/mol. The van der Waals surface area contributed by atoms with Crippen LogP contribution < -0.4 is 5.73 Å². The first-order valence-electron chi connectivity index (χ1n) is 13.4. The maximum atomic E-state index is 11.4. The quantitative estimate of drug-likeness (QED) is 0.409. The molecule has 1 aromatic heterocycles. The van der Waals surface area contributed by atoms with Crippen LogP contribution in [-0.4, -0.2) is 63.2 Å². The maximum absolute atomic E-state index is 11.4. The van der Waals surface area contributed by atoms with Crippen LogP contribution >= 0.6 is 0 Å². The van der Waals surface area contributed by atoms with Gasteiger partial charge in [0.2, 0.25) is 5.82 Å². The predicted octanol–water partition coefficient (Wildman–Crippen LogP) is 4.07. The molecule has 1 amide bonds. The number of hydrogen-bond donors (Lipinski definition) is 1. The first-order chi connectivity index (χ1) is 18.4. The number of likely N-dealkylation sites (N-methyl/N-ethyl adjacent to an activating group) is 1. The van der Waals surface area contributed by atoms with E-state index in [1.165, 1.54) is 53.9 Å². The van der Waals surface area contributed by atoms with Gasteiger partial charge < -0.3 is 10.6 Å². The Bertz CT molecular complexity index is 1420. The smallest absolute Gasteiger partial charge is 0.288 e. The summed E-state index contributed by atoms with van der Waals surface area (Å²) in [5.74, 6) is 0.884. The average Bonchev–Trinajstić information content (AvgIpc) is 3.61. The summed E-state index contributed by atoms with van der Waals surface area (Å²) in [7, 11) is 2.27. The number of fused-ring (bicyclic) bond motifs is 1. The van der Waals surface area contributed by atoms with Crippen LogP contribution in [0.3, 0.4) is 0 Å². The van der Waals surface area contributed by atoms with Gasteiger partial charge in [-0.15, -0.1) is 5.10 Å². The Hall–Kier alpha value is -3.81. The van der Waals surface area contributed by atoms with Gasteiger partial charge >= 0.3 is 0 Å². The van der Waals surface area contributed by atoms with E-state index in [1.54, 1.807) is 11.6 Å². The number of primary amides is 1. The number of amides is 1. The third-order valence-electron chi connectivity index (χ3n) is 8.13. The third kappa shape index (κ3) is 4.99.